The van der Waals surface area contributed by atoms with Gasteiger partial charge in [-0.2, -0.15) is 9.97 Å². The summed E-state index contributed by atoms with van der Waals surface area (Å²) in [5.41, 5.74) is 13.4. The topological polar surface area (TPSA) is 167 Å². The maximum atomic E-state index is 14.6. The molecule has 3 aromatic rings. The Kier molecular flexibility index (Phi) is 8.53. The molecule has 184 valence electrons. The van der Waals surface area contributed by atoms with Crippen LogP contribution in [0.15, 0.2) is 21.5 Å². The van der Waals surface area contributed by atoms with Gasteiger partial charge < -0.3 is 36.8 Å². The summed E-state index contributed by atoms with van der Waals surface area (Å²) in [5, 5.41) is 14.2. The van der Waals surface area contributed by atoms with Crippen LogP contribution < -0.4 is 27.0 Å². The number of nitrogens with zero attached hydrogens (tertiary/aromatic N) is 5. The molecule has 0 saturated carbocycles. The van der Waals surface area contributed by atoms with Gasteiger partial charge in [-0.3, -0.25) is 0 Å². The van der Waals surface area contributed by atoms with Crippen molar-refractivity contribution in [3.05, 3.63) is 29.4 Å². The quantitative estimate of drug-likeness (QED) is 0.120. The molecule has 0 atom stereocenters. The van der Waals surface area contributed by atoms with E-state index in [0.29, 0.717) is 66.8 Å². The van der Waals surface area contributed by atoms with Gasteiger partial charge in [-0.15, -0.1) is 0 Å². The van der Waals surface area contributed by atoms with Crippen LogP contribution in [-0.4, -0.2) is 59.7 Å². The first-order valence-electron chi connectivity index (χ1n) is 11.1. The fourth-order valence-corrected chi connectivity index (χ4v) is 3.45. The molecule has 1 aromatic carbocycles. The number of rotatable bonds is 11. The molecule has 0 radical (unpaired) electrons. The van der Waals surface area contributed by atoms with Crippen LogP contribution in [0.25, 0.3) is 11.1 Å². The molecule has 0 aliphatic carbocycles. The van der Waals surface area contributed by atoms with Crippen molar-refractivity contribution < 1.29 is 8.81 Å². The van der Waals surface area contributed by atoms with Crippen molar-refractivity contribution in [1.29, 1.82) is 5.41 Å². The molecular weight excluding hydrogens is 451 g/mol. The van der Waals surface area contributed by atoms with E-state index in [2.05, 4.69) is 42.4 Å². The molecule has 0 aliphatic rings. The second-order valence-electron chi connectivity index (χ2n) is 7.44. The molecular formula is C23H29FN10O. The van der Waals surface area contributed by atoms with Crippen LogP contribution in [0.4, 0.5) is 27.7 Å². The zero-order valence-electron chi connectivity index (χ0n) is 19.9. The average Bonchev–Trinajstić information content (AvgIpc) is 3.17. The van der Waals surface area contributed by atoms with Gasteiger partial charge in [0.1, 0.15) is 17.2 Å². The Morgan fingerprint density at radius 3 is 2.80 bits per heavy atom. The maximum Gasteiger partial charge on any atom is 0.224 e. The van der Waals surface area contributed by atoms with Crippen LogP contribution in [0.1, 0.15) is 25.3 Å². The lowest BCUT2D eigenvalue weighted by molar-refractivity contribution is 0.555. The number of fused-ring (bicyclic) bond motifs is 1. The standard InChI is InChI=1S/C23H29FN10O/c1-4-6-20(26)31-22-15(13-25)21(32-23(27)33-22)29-8-7-28-9-10-34(5-2)18-12-17-19(11-16(18)24)35-14(3)30-17/h11-13,25,28H,5,7-10H2,1-3H3,(H5,26,27,29,31,32,33). The highest BCUT2D eigenvalue weighted by atomic mass is 19.1. The number of nitrogens with one attached hydrogen (secondary N) is 3. The minimum atomic E-state index is -0.346. The molecule has 2 heterocycles. The number of anilines is 3. The zero-order valence-corrected chi connectivity index (χ0v) is 19.9. The van der Waals surface area contributed by atoms with Crippen molar-refractivity contribution in [3.8, 4) is 11.8 Å². The number of nitrogens with two attached hydrogens (primary N) is 2. The average molecular weight is 481 g/mol. The number of hydrogen-bond donors (Lipinski definition) is 5. The van der Waals surface area contributed by atoms with Gasteiger partial charge in [0, 0.05) is 51.9 Å². The molecule has 2 aromatic heterocycles. The van der Waals surface area contributed by atoms with Crippen molar-refractivity contribution in [2.24, 2.45) is 10.7 Å². The third-order valence-corrected chi connectivity index (χ3v) is 5.01. The van der Waals surface area contributed by atoms with Crippen LogP contribution in [0.5, 0.6) is 0 Å². The van der Waals surface area contributed by atoms with Crippen molar-refractivity contribution in [2.45, 2.75) is 20.8 Å². The molecule has 0 aliphatic heterocycles. The Balaban J connectivity index is 1.56. The van der Waals surface area contributed by atoms with Gasteiger partial charge in [-0.1, -0.05) is 5.92 Å². The molecule has 3 rings (SSSR count). The van der Waals surface area contributed by atoms with Crippen molar-refractivity contribution in [2.75, 3.05) is 48.7 Å². The molecule has 7 N–H and O–H groups in total. The van der Waals surface area contributed by atoms with Gasteiger partial charge in [-0.05, 0) is 25.8 Å². The van der Waals surface area contributed by atoms with E-state index in [1.54, 1.807) is 19.9 Å². The normalized spacial score (nSPS) is 11.3. The number of aromatic nitrogens is 3. The first-order chi connectivity index (χ1) is 16.9. The predicted octanol–water partition coefficient (Wildman–Crippen LogP) is 2.19. The molecule has 35 heavy (non-hydrogen) atoms. The van der Waals surface area contributed by atoms with Crippen molar-refractivity contribution >= 4 is 46.4 Å². The van der Waals surface area contributed by atoms with Crippen LogP contribution in [0.3, 0.4) is 0 Å². The molecule has 11 nitrogen and oxygen atoms in total. The minimum absolute atomic E-state index is 0.00181. The number of aliphatic imine (C=N–C) groups is 1. The van der Waals surface area contributed by atoms with Crippen molar-refractivity contribution in [3.63, 3.8) is 0 Å². The fourth-order valence-electron chi connectivity index (χ4n) is 3.45. The van der Waals surface area contributed by atoms with E-state index in [9.17, 15) is 4.39 Å². The summed E-state index contributed by atoms with van der Waals surface area (Å²) in [6, 6.07) is 3.09. The molecule has 0 saturated heterocycles. The summed E-state index contributed by atoms with van der Waals surface area (Å²) in [6.07, 6.45) is 1.08. The van der Waals surface area contributed by atoms with Crippen LogP contribution in [0.2, 0.25) is 0 Å². The number of oxazole rings is 1. The van der Waals surface area contributed by atoms with E-state index in [-0.39, 0.29) is 23.4 Å². The van der Waals surface area contributed by atoms with Gasteiger partial charge >= 0.3 is 0 Å². The van der Waals surface area contributed by atoms with E-state index in [4.69, 9.17) is 21.3 Å². The smallest absolute Gasteiger partial charge is 0.224 e. The highest BCUT2D eigenvalue weighted by Gasteiger charge is 2.15. The van der Waals surface area contributed by atoms with E-state index in [0.717, 1.165) is 6.21 Å². The molecule has 0 amide bonds. The predicted molar refractivity (Wildman–Crippen MR) is 137 cm³/mol. The molecule has 0 unspecified atom stereocenters. The van der Waals surface area contributed by atoms with Gasteiger partial charge in [0.05, 0.1) is 11.3 Å². The summed E-state index contributed by atoms with van der Waals surface area (Å²) in [6.45, 7) is 8.28. The zero-order chi connectivity index (χ0) is 25.4. The van der Waals surface area contributed by atoms with Crippen LogP contribution >= 0.6 is 0 Å². The lowest BCUT2D eigenvalue weighted by Gasteiger charge is -2.23. The number of aryl methyl sites for hydroxylation is 1. The fraction of sp³-hybridized carbons (Fsp3) is 0.348. The number of hydrogen-bond acceptors (Lipinski definition) is 10. The maximum absolute atomic E-state index is 14.6. The van der Waals surface area contributed by atoms with Gasteiger partial charge in [0.25, 0.3) is 0 Å². The van der Waals surface area contributed by atoms with Gasteiger partial charge in [-0.25, -0.2) is 14.4 Å². The number of nitrogen functional groups attached to an aromatic ring is 1. The Morgan fingerprint density at radius 1 is 1.29 bits per heavy atom. The lowest BCUT2D eigenvalue weighted by Crippen LogP contribution is -2.34. The Bertz CT molecular complexity index is 1290. The lowest BCUT2D eigenvalue weighted by atomic mass is 10.2. The molecule has 12 heteroatoms. The summed E-state index contributed by atoms with van der Waals surface area (Å²) in [5.74, 6) is 6.04. The number of amidine groups is 1. The molecule has 0 fully saturated rings. The Labute approximate surface area is 202 Å². The van der Waals surface area contributed by atoms with E-state index in [1.165, 1.54) is 6.07 Å². The minimum Gasteiger partial charge on any atom is -0.441 e. The largest absolute Gasteiger partial charge is 0.441 e. The second-order valence-corrected chi connectivity index (χ2v) is 7.44. The SMILES string of the molecule is CC#CC(N)=Nc1nc(N)nc(NCCNCCN(CC)c2cc3nc(C)oc3cc2F)c1C=N. The summed E-state index contributed by atoms with van der Waals surface area (Å²) in [7, 11) is 0. The van der Waals surface area contributed by atoms with E-state index in [1.807, 2.05) is 11.8 Å². The Hall–Kier alpha value is -4.24. The Morgan fingerprint density at radius 2 is 2.09 bits per heavy atom. The first kappa shape index (κ1) is 25.4. The number of likely N-dealkylation sites (N-methyl/N-ethyl adjacent to an activating group) is 1. The monoisotopic (exact) mass is 480 g/mol. The highest BCUT2D eigenvalue weighted by molar-refractivity contribution is 6.00. The first-order valence-corrected chi connectivity index (χ1v) is 11.1. The van der Waals surface area contributed by atoms with Crippen molar-refractivity contribution in [1.82, 2.24) is 20.3 Å². The van der Waals surface area contributed by atoms with Gasteiger partial charge in [0.2, 0.25) is 5.95 Å². The second kappa shape index (κ2) is 11.8. The summed E-state index contributed by atoms with van der Waals surface area (Å²) >= 11 is 0. The third kappa shape index (κ3) is 6.42. The van der Waals surface area contributed by atoms with E-state index < -0.39 is 0 Å². The highest BCUT2D eigenvalue weighted by Crippen LogP contribution is 2.26. The molecule has 0 bridgehead atoms. The third-order valence-electron chi connectivity index (χ3n) is 5.01. The number of halogens is 1. The number of benzene rings is 1. The van der Waals surface area contributed by atoms with Gasteiger partial charge in [0.15, 0.2) is 23.1 Å². The van der Waals surface area contributed by atoms with Crippen LogP contribution in [-0.2, 0) is 0 Å². The molecule has 0 spiro atoms. The van der Waals surface area contributed by atoms with E-state index >= 15 is 0 Å². The summed E-state index contributed by atoms with van der Waals surface area (Å²) in [4.78, 5) is 18.6. The summed E-state index contributed by atoms with van der Waals surface area (Å²) < 4.78 is 20.0. The van der Waals surface area contributed by atoms with Crippen LogP contribution in [0, 0.1) is 30.0 Å².